The number of rotatable bonds is 1. The van der Waals surface area contributed by atoms with Crippen molar-refractivity contribution in [3.8, 4) is 0 Å². The van der Waals surface area contributed by atoms with Crippen molar-refractivity contribution in [1.29, 1.82) is 0 Å². The van der Waals surface area contributed by atoms with Gasteiger partial charge in [-0.1, -0.05) is 0 Å². The SMILES string of the molecule is CC(C)(C)n1cnc(=O)c(CN)c1. The normalized spacial score (nSPS) is 11.7. The smallest absolute Gasteiger partial charge is 0.277 e. The molecule has 4 nitrogen and oxygen atoms in total. The second kappa shape index (κ2) is 3.30. The predicted molar refractivity (Wildman–Crippen MR) is 51.4 cm³/mol. The zero-order valence-electron chi connectivity index (χ0n) is 8.24. The molecule has 0 bridgehead atoms. The van der Waals surface area contributed by atoms with Crippen LogP contribution in [-0.4, -0.2) is 9.55 Å². The van der Waals surface area contributed by atoms with Gasteiger partial charge in [-0.05, 0) is 20.8 Å². The highest BCUT2D eigenvalue weighted by Gasteiger charge is 2.12. The maximum atomic E-state index is 11.1. The minimum absolute atomic E-state index is 0.0649. The third kappa shape index (κ3) is 2.15. The molecule has 0 aliphatic carbocycles. The Hall–Kier alpha value is -1.16. The summed E-state index contributed by atoms with van der Waals surface area (Å²) >= 11 is 0. The molecule has 72 valence electrons. The number of hydrogen-bond acceptors (Lipinski definition) is 3. The molecule has 0 radical (unpaired) electrons. The maximum Gasteiger partial charge on any atom is 0.277 e. The van der Waals surface area contributed by atoms with Crippen LogP contribution in [0.1, 0.15) is 26.3 Å². The van der Waals surface area contributed by atoms with E-state index >= 15 is 0 Å². The van der Waals surface area contributed by atoms with Crippen LogP contribution in [0.2, 0.25) is 0 Å². The van der Waals surface area contributed by atoms with E-state index in [1.807, 2.05) is 25.3 Å². The Kier molecular flexibility index (Phi) is 2.52. The Morgan fingerprint density at radius 3 is 2.62 bits per heavy atom. The van der Waals surface area contributed by atoms with E-state index in [9.17, 15) is 4.79 Å². The lowest BCUT2D eigenvalue weighted by molar-refractivity contribution is 0.387. The Bertz CT molecular complexity index is 349. The summed E-state index contributed by atoms with van der Waals surface area (Å²) in [6.07, 6.45) is 3.30. The van der Waals surface area contributed by atoms with Crippen LogP contribution in [0.4, 0.5) is 0 Å². The van der Waals surface area contributed by atoms with Gasteiger partial charge in [0.25, 0.3) is 5.56 Å². The number of aromatic nitrogens is 2. The third-order valence-electron chi connectivity index (χ3n) is 1.86. The molecule has 1 aromatic heterocycles. The van der Waals surface area contributed by atoms with Crippen molar-refractivity contribution in [2.24, 2.45) is 5.73 Å². The van der Waals surface area contributed by atoms with Crippen LogP contribution in [0.15, 0.2) is 17.3 Å². The van der Waals surface area contributed by atoms with Crippen molar-refractivity contribution in [3.05, 3.63) is 28.4 Å². The van der Waals surface area contributed by atoms with E-state index in [0.29, 0.717) is 5.56 Å². The summed E-state index contributed by atoms with van der Waals surface area (Å²) in [7, 11) is 0. The van der Waals surface area contributed by atoms with Crippen molar-refractivity contribution in [2.75, 3.05) is 0 Å². The lowest BCUT2D eigenvalue weighted by Crippen LogP contribution is -2.27. The molecule has 0 aliphatic heterocycles. The second-order valence-corrected chi connectivity index (χ2v) is 3.99. The van der Waals surface area contributed by atoms with Gasteiger partial charge in [-0.2, -0.15) is 4.98 Å². The van der Waals surface area contributed by atoms with Crippen LogP contribution in [0.3, 0.4) is 0 Å². The summed E-state index contributed by atoms with van der Waals surface area (Å²) in [5.41, 5.74) is 5.66. The van der Waals surface area contributed by atoms with Crippen LogP contribution in [0.25, 0.3) is 0 Å². The van der Waals surface area contributed by atoms with E-state index in [4.69, 9.17) is 5.73 Å². The molecule has 0 aromatic carbocycles. The minimum Gasteiger partial charge on any atom is -0.333 e. The quantitative estimate of drug-likeness (QED) is 0.684. The van der Waals surface area contributed by atoms with E-state index < -0.39 is 0 Å². The summed E-state index contributed by atoms with van der Waals surface area (Å²) in [4.78, 5) is 14.9. The lowest BCUT2D eigenvalue weighted by Gasteiger charge is -2.22. The highest BCUT2D eigenvalue weighted by molar-refractivity contribution is 5.04. The van der Waals surface area contributed by atoms with E-state index in [2.05, 4.69) is 4.98 Å². The van der Waals surface area contributed by atoms with Crippen LogP contribution >= 0.6 is 0 Å². The molecule has 13 heavy (non-hydrogen) atoms. The molecule has 4 heteroatoms. The van der Waals surface area contributed by atoms with Crippen molar-refractivity contribution in [3.63, 3.8) is 0 Å². The summed E-state index contributed by atoms with van der Waals surface area (Å²) in [5, 5.41) is 0. The van der Waals surface area contributed by atoms with Crippen molar-refractivity contribution >= 4 is 0 Å². The van der Waals surface area contributed by atoms with Crippen molar-refractivity contribution in [2.45, 2.75) is 32.9 Å². The molecule has 1 rings (SSSR count). The topological polar surface area (TPSA) is 60.9 Å². The van der Waals surface area contributed by atoms with Gasteiger partial charge in [-0.25, -0.2) is 0 Å². The Morgan fingerprint density at radius 2 is 2.15 bits per heavy atom. The molecule has 0 saturated heterocycles. The molecule has 0 saturated carbocycles. The number of nitrogens with two attached hydrogens (primary N) is 1. The molecule has 1 heterocycles. The van der Waals surface area contributed by atoms with Crippen molar-refractivity contribution in [1.82, 2.24) is 9.55 Å². The van der Waals surface area contributed by atoms with Gasteiger partial charge in [0.05, 0.1) is 6.33 Å². The monoisotopic (exact) mass is 181 g/mol. The van der Waals surface area contributed by atoms with Gasteiger partial charge >= 0.3 is 0 Å². The zero-order valence-corrected chi connectivity index (χ0v) is 8.24. The van der Waals surface area contributed by atoms with Crippen LogP contribution in [0, 0.1) is 0 Å². The molecule has 0 fully saturated rings. The molecular formula is C9H15N3O. The van der Waals surface area contributed by atoms with Gasteiger partial charge in [0.1, 0.15) is 0 Å². The van der Waals surface area contributed by atoms with E-state index in [1.54, 1.807) is 12.5 Å². The Balaban J connectivity index is 3.22. The first kappa shape index (κ1) is 9.92. The summed E-state index contributed by atoms with van der Waals surface area (Å²) in [5.74, 6) is 0. The Labute approximate surface area is 77.4 Å². The largest absolute Gasteiger partial charge is 0.333 e. The molecule has 0 unspecified atom stereocenters. The molecule has 0 amide bonds. The zero-order chi connectivity index (χ0) is 10.1. The molecular weight excluding hydrogens is 166 g/mol. The van der Waals surface area contributed by atoms with E-state index in [-0.39, 0.29) is 17.6 Å². The molecule has 2 N–H and O–H groups in total. The molecule has 0 aliphatic rings. The van der Waals surface area contributed by atoms with E-state index in [0.717, 1.165) is 0 Å². The molecule has 0 atom stereocenters. The minimum atomic E-state index is -0.233. The summed E-state index contributed by atoms with van der Waals surface area (Å²) < 4.78 is 1.89. The van der Waals surface area contributed by atoms with Gasteiger partial charge in [0, 0.05) is 23.8 Å². The van der Waals surface area contributed by atoms with E-state index in [1.165, 1.54) is 0 Å². The maximum absolute atomic E-state index is 11.1. The number of hydrogen-bond donors (Lipinski definition) is 1. The van der Waals surface area contributed by atoms with Gasteiger partial charge in [-0.3, -0.25) is 4.79 Å². The fraction of sp³-hybridized carbons (Fsp3) is 0.556. The number of nitrogens with zero attached hydrogens (tertiary/aromatic N) is 2. The first-order valence-electron chi connectivity index (χ1n) is 4.23. The first-order chi connectivity index (χ1) is 5.95. The highest BCUT2D eigenvalue weighted by Crippen LogP contribution is 2.11. The first-order valence-corrected chi connectivity index (χ1v) is 4.23. The average Bonchev–Trinajstić information content (AvgIpc) is 2.03. The van der Waals surface area contributed by atoms with Gasteiger partial charge < -0.3 is 10.3 Å². The molecule has 1 aromatic rings. The highest BCUT2D eigenvalue weighted by atomic mass is 16.1. The van der Waals surface area contributed by atoms with Gasteiger partial charge in [0.2, 0.25) is 0 Å². The average molecular weight is 181 g/mol. The van der Waals surface area contributed by atoms with Gasteiger partial charge in [-0.15, -0.1) is 0 Å². The standard InChI is InChI=1S/C9H15N3O/c1-9(2,3)12-5-7(4-10)8(13)11-6-12/h5-6H,4,10H2,1-3H3. The van der Waals surface area contributed by atoms with Crippen LogP contribution in [0.5, 0.6) is 0 Å². The Morgan fingerprint density at radius 1 is 1.54 bits per heavy atom. The molecule has 0 spiro atoms. The lowest BCUT2D eigenvalue weighted by atomic mass is 10.1. The van der Waals surface area contributed by atoms with Crippen LogP contribution < -0.4 is 11.3 Å². The predicted octanol–water partition coefficient (Wildman–Crippen LogP) is 0.457. The third-order valence-corrected chi connectivity index (χ3v) is 1.86. The second-order valence-electron chi connectivity index (χ2n) is 3.99. The van der Waals surface area contributed by atoms with Crippen molar-refractivity contribution < 1.29 is 0 Å². The van der Waals surface area contributed by atoms with Crippen LogP contribution in [-0.2, 0) is 12.1 Å². The fourth-order valence-corrected chi connectivity index (χ4v) is 0.961. The van der Waals surface area contributed by atoms with Gasteiger partial charge in [0.15, 0.2) is 0 Å². The summed E-state index contributed by atoms with van der Waals surface area (Å²) in [6.45, 7) is 6.36. The summed E-state index contributed by atoms with van der Waals surface area (Å²) in [6, 6.07) is 0. The fourth-order valence-electron chi connectivity index (χ4n) is 0.961.